The van der Waals surface area contributed by atoms with Gasteiger partial charge in [0.15, 0.2) is 0 Å². The third-order valence-corrected chi connectivity index (χ3v) is 5.68. The molecule has 0 bridgehead atoms. The average molecular weight is 369 g/mol. The Balaban J connectivity index is 1.64. The van der Waals surface area contributed by atoms with Crippen LogP contribution in [0.5, 0.6) is 0 Å². The number of thiazole rings is 1. The second-order valence-electron chi connectivity index (χ2n) is 5.81. The Kier molecular flexibility index (Phi) is 5.89. The summed E-state index contributed by atoms with van der Waals surface area (Å²) in [5.74, 6) is 0.727. The summed E-state index contributed by atoms with van der Waals surface area (Å²) in [7, 11) is 0. The minimum absolute atomic E-state index is 0.0434. The molecule has 1 heterocycles. The Morgan fingerprint density at radius 2 is 1.88 bits per heavy atom. The van der Waals surface area contributed by atoms with Gasteiger partial charge < -0.3 is 5.32 Å². The highest BCUT2D eigenvalue weighted by atomic mass is 32.2. The lowest BCUT2D eigenvalue weighted by atomic mass is 10.1. The zero-order valence-electron chi connectivity index (χ0n) is 14.3. The van der Waals surface area contributed by atoms with Crippen LogP contribution in [0.1, 0.15) is 32.2 Å². The van der Waals surface area contributed by atoms with Crippen molar-refractivity contribution in [3.8, 4) is 0 Å². The highest BCUT2D eigenvalue weighted by Gasteiger charge is 2.12. The van der Waals surface area contributed by atoms with Crippen molar-refractivity contribution in [2.75, 3.05) is 0 Å². The van der Waals surface area contributed by atoms with Crippen molar-refractivity contribution in [3.63, 3.8) is 0 Å². The molecule has 5 heteroatoms. The predicted octanol–water partition coefficient (Wildman–Crippen LogP) is 4.98. The second kappa shape index (κ2) is 8.32. The molecule has 128 valence electrons. The fourth-order valence-corrected chi connectivity index (χ4v) is 4.05. The maximum Gasteiger partial charge on any atom is 0.252 e. The summed E-state index contributed by atoms with van der Waals surface area (Å²) >= 11 is 3.30. The molecule has 0 aliphatic carbocycles. The van der Waals surface area contributed by atoms with Crippen molar-refractivity contribution >= 4 is 29.0 Å². The summed E-state index contributed by atoms with van der Waals surface area (Å²) in [6.45, 7) is 4.59. The first-order chi connectivity index (χ1) is 12.1. The van der Waals surface area contributed by atoms with Gasteiger partial charge in [0.25, 0.3) is 5.91 Å². The number of thioether (sulfide) groups is 1. The molecule has 0 fully saturated rings. The topological polar surface area (TPSA) is 42.0 Å². The number of carbonyl (C=O) groups is 1. The van der Waals surface area contributed by atoms with Crippen LogP contribution in [0.25, 0.3) is 0 Å². The molecule has 0 unspecified atom stereocenters. The molecule has 0 spiro atoms. The molecule has 0 aliphatic rings. The van der Waals surface area contributed by atoms with Crippen LogP contribution >= 0.6 is 23.1 Å². The Hall–Kier alpha value is -2.11. The van der Waals surface area contributed by atoms with Gasteiger partial charge in [0, 0.05) is 22.6 Å². The molecule has 1 aromatic heterocycles. The van der Waals surface area contributed by atoms with Crippen molar-refractivity contribution in [1.82, 2.24) is 10.3 Å². The molecule has 0 saturated heterocycles. The first-order valence-corrected chi connectivity index (χ1v) is 9.95. The highest BCUT2D eigenvalue weighted by molar-refractivity contribution is 7.98. The van der Waals surface area contributed by atoms with Crippen molar-refractivity contribution in [2.24, 2.45) is 0 Å². The minimum Gasteiger partial charge on any atom is -0.348 e. The molecule has 0 aliphatic heterocycles. The summed E-state index contributed by atoms with van der Waals surface area (Å²) in [4.78, 5) is 18.0. The molecular formula is C20H20N2OS2. The maximum atomic E-state index is 12.6. The number of benzene rings is 2. The molecule has 1 amide bonds. The van der Waals surface area contributed by atoms with E-state index in [-0.39, 0.29) is 5.91 Å². The van der Waals surface area contributed by atoms with Gasteiger partial charge in [0.05, 0.1) is 16.3 Å². The number of carbonyl (C=O) groups excluding carboxylic acids is 1. The summed E-state index contributed by atoms with van der Waals surface area (Å²) in [6.07, 6.45) is 0. The molecule has 3 aromatic rings. The number of rotatable bonds is 6. The second-order valence-corrected chi connectivity index (χ2v) is 7.89. The van der Waals surface area contributed by atoms with E-state index in [0.29, 0.717) is 12.1 Å². The van der Waals surface area contributed by atoms with E-state index in [1.54, 1.807) is 23.1 Å². The van der Waals surface area contributed by atoms with Gasteiger partial charge in [-0.1, -0.05) is 42.0 Å². The number of aromatic nitrogens is 1. The fraction of sp³-hybridized carbons (Fsp3) is 0.200. The quantitative estimate of drug-likeness (QED) is 0.624. The summed E-state index contributed by atoms with van der Waals surface area (Å²) in [6, 6.07) is 15.9. The van der Waals surface area contributed by atoms with Crippen LogP contribution in [0, 0.1) is 13.8 Å². The van der Waals surface area contributed by atoms with Gasteiger partial charge in [0.2, 0.25) is 0 Å². The smallest absolute Gasteiger partial charge is 0.252 e. The summed E-state index contributed by atoms with van der Waals surface area (Å²) in [5, 5.41) is 6.15. The van der Waals surface area contributed by atoms with E-state index >= 15 is 0 Å². The molecule has 0 radical (unpaired) electrons. The molecule has 1 N–H and O–H groups in total. The zero-order valence-corrected chi connectivity index (χ0v) is 15.9. The lowest BCUT2D eigenvalue weighted by Crippen LogP contribution is -2.23. The van der Waals surface area contributed by atoms with E-state index in [0.717, 1.165) is 26.9 Å². The number of nitrogens with one attached hydrogen (secondary N) is 1. The van der Waals surface area contributed by atoms with Crippen molar-refractivity contribution in [3.05, 3.63) is 81.3 Å². The largest absolute Gasteiger partial charge is 0.348 e. The van der Waals surface area contributed by atoms with Gasteiger partial charge in [0.1, 0.15) is 0 Å². The molecule has 3 nitrogen and oxygen atoms in total. The summed E-state index contributed by atoms with van der Waals surface area (Å²) < 4.78 is 0. The van der Waals surface area contributed by atoms with Crippen LogP contribution < -0.4 is 5.32 Å². The van der Waals surface area contributed by atoms with E-state index in [2.05, 4.69) is 34.7 Å². The van der Waals surface area contributed by atoms with Gasteiger partial charge >= 0.3 is 0 Å². The first-order valence-electron chi connectivity index (χ1n) is 8.08. The molecular weight excluding hydrogens is 348 g/mol. The third-order valence-electron chi connectivity index (χ3n) is 3.75. The zero-order chi connectivity index (χ0) is 17.6. The van der Waals surface area contributed by atoms with Crippen LogP contribution in [0.15, 0.2) is 58.8 Å². The van der Waals surface area contributed by atoms with Gasteiger partial charge in [-0.3, -0.25) is 4.79 Å². The lowest BCUT2D eigenvalue weighted by molar-refractivity contribution is 0.0948. The number of hydrogen-bond acceptors (Lipinski definition) is 4. The van der Waals surface area contributed by atoms with Crippen LogP contribution in [0.2, 0.25) is 0 Å². The summed E-state index contributed by atoms with van der Waals surface area (Å²) in [5.41, 5.74) is 4.09. The minimum atomic E-state index is -0.0434. The first kappa shape index (κ1) is 17.7. The average Bonchev–Trinajstić information content (AvgIpc) is 3.05. The SMILES string of the molecule is Cc1ccc(CNC(=O)c2ccccc2SCc2csc(C)n2)cc1. The van der Waals surface area contributed by atoms with E-state index < -0.39 is 0 Å². The Bertz CT molecular complexity index is 856. The number of amides is 1. The molecule has 0 saturated carbocycles. The van der Waals surface area contributed by atoms with Crippen molar-refractivity contribution in [2.45, 2.75) is 31.0 Å². The van der Waals surface area contributed by atoms with E-state index in [4.69, 9.17) is 0 Å². The predicted molar refractivity (Wildman–Crippen MR) is 105 cm³/mol. The lowest BCUT2D eigenvalue weighted by Gasteiger charge is -2.10. The normalized spacial score (nSPS) is 10.6. The molecule has 0 atom stereocenters. The maximum absolute atomic E-state index is 12.6. The van der Waals surface area contributed by atoms with E-state index in [1.807, 2.05) is 43.3 Å². The number of hydrogen-bond donors (Lipinski definition) is 1. The number of aryl methyl sites for hydroxylation is 2. The van der Waals surface area contributed by atoms with Gasteiger partial charge in [-0.15, -0.1) is 23.1 Å². The Labute approximate surface area is 156 Å². The standard InChI is InChI=1S/C20H20N2OS2/c1-14-7-9-16(10-8-14)11-21-20(23)18-5-3-4-6-19(18)25-13-17-12-24-15(2)22-17/h3-10,12H,11,13H2,1-2H3,(H,21,23). The third kappa shape index (κ3) is 4.94. The van der Waals surface area contributed by atoms with Crippen molar-refractivity contribution < 1.29 is 4.79 Å². The van der Waals surface area contributed by atoms with Crippen LogP contribution in [0.4, 0.5) is 0 Å². The van der Waals surface area contributed by atoms with Crippen molar-refractivity contribution in [1.29, 1.82) is 0 Å². The fourth-order valence-electron chi connectivity index (χ4n) is 2.39. The van der Waals surface area contributed by atoms with Gasteiger partial charge in [-0.25, -0.2) is 4.98 Å². The highest BCUT2D eigenvalue weighted by Crippen LogP contribution is 2.26. The molecule has 3 rings (SSSR count). The Morgan fingerprint density at radius 1 is 1.12 bits per heavy atom. The number of nitrogens with zero attached hydrogens (tertiary/aromatic N) is 1. The molecule has 25 heavy (non-hydrogen) atoms. The molecule has 2 aromatic carbocycles. The van der Waals surface area contributed by atoms with Crippen LogP contribution in [0.3, 0.4) is 0 Å². The van der Waals surface area contributed by atoms with Crippen LogP contribution in [-0.4, -0.2) is 10.9 Å². The van der Waals surface area contributed by atoms with E-state index in [9.17, 15) is 4.79 Å². The van der Waals surface area contributed by atoms with E-state index in [1.165, 1.54) is 5.56 Å². The Morgan fingerprint density at radius 3 is 2.60 bits per heavy atom. The van der Waals surface area contributed by atoms with Gasteiger partial charge in [-0.2, -0.15) is 0 Å². The monoisotopic (exact) mass is 368 g/mol. The van der Waals surface area contributed by atoms with Crippen LogP contribution in [-0.2, 0) is 12.3 Å². The van der Waals surface area contributed by atoms with Gasteiger partial charge in [-0.05, 0) is 31.5 Å².